The zero-order chi connectivity index (χ0) is 13.6. The van der Waals surface area contributed by atoms with Crippen LogP contribution in [0.4, 0.5) is 13.2 Å². The lowest BCUT2D eigenvalue weighted by atomic mass is 9.97. The predicted octanol–water partition coefficient (Wildman–Crippen LogP) is 5.33. The smallest absolute Gasteiger partial charge is 0.171 e. The van der Waals surface area contributed by atoms with E-state index in [2.05, 4.69) is 22.0 Å². The molecule has 0 amide bonds. The van der Waals surface area contributed by atoms with Crippen molar-refractivity contribution < 1.29 is 13.2 Å². The van der Waals surface area contributed by atoms with E-state index in [9.17, 15) is 13.2 Å². The Morgan fingerprint density at radius 2 is 1.74 bits per heavy atom. The fourth-order valence-corrected chi connectivity index (χ4v) is 3.62. The molecule has 19 heavy (non-hydrogen) atoms. The summed E-state index contributed by atoms with van der Waals surface area (Å²) in [5.74, 6) is 0. The fourth-order valence-electron chi connectivity index (χ4n) is 2.86. The van der Waals surface area contributed by atoms with Crippen molar-refractivity contribution in [3.63, 3.8) is 0 Å². The molecule has 2 aromatic carbocycles. The minimum Gasteiger partial charge on any atom is -0.171 e. The standard InChI is InChI=1S/C15H12BrF3/c16-13(8-15(17,18)19)11-7-6-10-5-4-9-2-1-3-12(11)14(9)10/h1-3,6-7,13H,4-5,8H2. The monoisotopic (exact) mass is 328 g/mol. The number of benzene rings is 2. The Morgan fingerprint density at radius 3 is 2.42 bits per heavy atom. The molecule has 0 aromatic heterocycles. The normalized spacial score (nSPS) is 16.0. The van der Waals surface area contributed by atoms with E-state index in [0.29, 0.717) is 0 Å². The Labute approximate surface area is 117 Å². The molecule has 3 rings (SSSR count). The first kappa shape index (κ1) is 13.0. The Morgan fingerprint density at radius 1 is 1.05 bits per heavy atom. The summed E-state index contributed by atoms with van der Waals surface area (Å²) in [6, 6.07) is 9.73. The van der Waals surface area contributed by atoms with Crippen LogP contribution in [0, 0.1) is 0 Å². The van der Waals surface area contributed by atoms with E-state index >= 15 is 0 Å². The maximum absolute atomic E-state index is 12.5. The van der Waals surface area contributed by atoms with Crippen LogP contribution in [0.15, 0.2) is 30.3 Å². The van der Waals surface area contributed by atoms with E-state index in [-0.39, 0.29) is 0 Å². The van der Waals surface area contributed by atoms with Gasteiger partial charge in [-0.05, 0) is 40.3 Å². The quantitative estimate of drug-likeness (QED) is 0.654. The summed E-state index contributed by atoms with van der Waals surface area (Å²) in [5, 5.41) is 2.12. The summed E-state index contributed by atoms with van der Waals surface area (Å²) in [7, 11) is 0. The first-order valence-electron chi connectivity index (χ1n) is 6.20. The lowest BCUT2D eigenvalue weighted by Gasteiger charge is -2.16. The van der Waals surface area contributed by atoms with Crippen molar-refractivity contribution in [1.82, 2.24) is 0 Å². The number of aryl methyl sites for hydroxylation is 2. The van der Waals surface area contributed by atoms with Gasteiger partial charge in [-0.3, -0.25) is 0 Å². The third-order valence-electron chi connectivity index (χ3n) is 3.66. The van der Waals surface area contributed by atoms with E-state index in [1.807, 2.05) is 24.3 Å². The lowest BCUT2D eigenvalue weighted by Crippen LogP contribution is -2.10. The zero-order valence-electron chi connectivity index (χ0n) is 10.1. The van der Waals surface area contributed by atoms with Gasteiger partial charge in [0.1, 0.15) is 0 Å². The van der Waals surface area contributed by atoms with Gasteiger partial charge >= 0.3 is 6.18 Å². The molecule has 0 aliphatic heterocycles. The molecule has 1 aliphatic rings. The molecular formula is C15H12BrF3. The lowest BCUT2D eigenvalue weighted by molar-refractivity contribution is -0.134. The topological polar surface area (TPSA) is 0 Å². The molecule has 2 aromatic rings. The van der Waals surface area contributed by atoms with Crippen molar-refractivity contribution in [3.8, 4) is 0 Å². The molecule has 1 aliphatic carbocycles. The number of alkyl halides is 4. The summed E-state index contributed by atoms with van der Waals surface area (Å²) < 4.78 is 37.6. The third kappa shape index (κ3) is 2.38. The molecule has 0 fully saturated rings. The van der Waals surface area contributed by atoms with Crippen LogP contribution in [0.5, 0.6) is 0 Å². The van der Waals surface area contributed by atoms with Gasteiger partial charge in [0.05, 0.1) is 6.42 Å². The van der Waals surface area contributed by atoms with Gasteiger partial charge in [0.2, 0.25) is 0 Å². The number of hydrogen-bond donors (Lipinski definition) is 0. The zero-order valence-corrected chi connectivity index (χ0v) is 11.7. The first-order valence-corrected chi connectivity index (χ1v) is 7.11. The second-order valence-electron chi connectivity index (χ2n) is 4.94. The van der Waals surface area contributed by atoms with E-state index in [1.165, 1.54) is 11.1 Å². The van der Waals surface area contributed by atoms with Gasteiger partial charge in [-0.2, -0.15) is 13.2 Å². The van der Waals surface area contributed by atoms with Gasteiger partial charge in [0, 0.05) is 4.83 Å². The first-order chi connectivity index (χ1) is 8.96. The molecule has 0 nitrogen and oxygen atoms in total. The van der Waals surface area contributed by atoms with Crippen LogP contribution in [-0.4, -0.2) is 6.18 Å². The average Bonchev–Trinajstić information content (AvgIpc) is 2.73. The predicted molar refractivity (Wildman–Crippen MR) is 73.7 cm³/mol. The SMILES string of the molecule is FC(F)(F)CC(Br)c1ccc2c3c(cccc13)CC2. The third-order valence-corrected chi connectivity index (χ3v) is 4.48. The van der Waals surface area contributed by atoms with E-state index in [0.717, 1.165) is 29.2 Å². The molecule has 4 heteroatoms. The fraction of sp³-hybridized carbons (Fsp3) is 0.333. The Bertz CT molecular complexity index is 621. The highest BCUT2D eigenvalue weighted by Gasteiger charge is 2.32. The highest BCUT2D eigenvalue weighted by atomic mass is 79.9. The minimum atomic E-state index is -4.16. The molecule has 0 radical (unpaired) electrons. The van der Waals surface area contributed by atoms with Gasteiger partial charge < -0.3 is 0 Å². The second kappa shape index (κ2) is 4.51. The van der Waals surface area contributed by atoms with Crippen molar-refractivity contribution in [3.05, 3.63) is 47.0 Å². The molecule has 1 atom stereocenters. The van der Waals surface area contributed by atoms with Crippen molar-refractivity contribution >= 4 is 26.7 Å². The van der Waals surface area contributed by atoms with Crippen molar-refractivity contribution in [2.75, 3.05) is 0 Å². The highest BCUT2D eigenvalue weighted by molar-refractivity contribution is 9.09. The number of hydrogen-bond acceptors (Lipinski definition) is 0. The Hall–Kier alpha value is -1.03. The minimum absolute atomic E-state index is 0.683. The van der Waals surface area contributed by atoms with Gasteiger partial charge in [-0.25, -0.2) is 0 Å². The maximum atomic E-state index is 12.5. The Balaban J connectivity index is 2.11. The van der Waals surface area contributed by atoms with Crippen LogP contribution < -0.4 is 0 Å². The van der Waals surface area contributed by atoms with Crippen molar-refractivity contribution in [2.24, 2.45) is 0 Å². The highest BCUT2D eigenvalue weighted by Crippen LogP contribution is 2.41. The van der Waals surface area contributed by atoms with E-state index < -0.39 is 17.4 Å². The second-order valence-corrected chi connectivity index (χ2v) is 6.05. The van der Waals surface area contributed by atoms with E-state index in [1.54, 1.807) is 0 Å². The summed E-state index contributed by atoms with van der Waals surface area (Å²) in [5.41, 5.74) is 3.24. The van der Waals surface area contributed by atoms with Crippen LogP contribution in [0.1, 0.15) is 27.9 Å². The van der Waals surface area contributed by atoms with Gasteiger partial charge in [0.15, 0.2) is 0 Å². The molecular weight excluding hydrogens is 317 g/mol. The van der Waals surface area contributed by atoms with Crippen LogP contribution >= 0.6 is 15.9 Å². The molecule has 100 valence electrons. The molecule has 0 spiro atoms. The summed E-state index contributed by atoms with van der Waals surface area (Å²) >= 11 is 3.19. The molecule has 1 unspecified atom stereocenters. The largest absolute Gasteiger partial charge is 0.390 e. The van der Waals surface area contributed by atoms with Crippen molar-refractivity contribution in [1.29, 1.82) is 0 Å². The molecule has 0 bridgehead atoms. The van der Waals surface area contributed by atoms with Crippen LogP contribution in [0.3, 0.4) is 0 Å². The van der Waals surface area contributed by atoms with Crippen molar-refractivity contribution in [2.45, 2.75) is 30.3 Å². The van der Waals surface area contributed by atoms with Gasteiger partial charge in [-0.1, -0.05) is 46.3 Å². The van der Waals surface area contributed by atoms with Crippen LogP contribution in [0.2, 0.25) is 0 Å². The number of halogens is 4. The maximum Gasteiger partial charge on any atom is 0.390 e. The Kier molecular flexibility index (Phi) is 3.08. The molecule has 0 saturated heterocycles. The summed E-state index contributed by atoms with van der Waals surface area (Å²) in [4.78, 5) is -0.683. The van der Waals surface area contributed by atoms with Crippen LogP contribution in [0.25, 0.3) is 10.8 Å². The summed E-state index contributed by atoms with van der Waals surface area (Å²) in [6.07, 6.45) is -3.02. The molecule has 0 heterocycles. The number of rotatable bonds is 2. The molecule has 0 saturated carbocycles. The van der Waals surface area contributed by atoms with Gasteiger partial charge in [0.25, 0.3) is 0 Å². The summed E-state index contributed by atoms with van der Waals surface area (Å²) in [6.45, 7) is 0. The molecule has 0 N–H and O–H groups in total. The average molecular weight is 329 g/mol. The van der Waals surface area contributed by atoms with E-state index in [4.69, 9.17) is 0 Å². The van der Waals surface area contributed by atoms with Gasteiger partial charge in [-0.15, -0.1) is 0 Å². The van der Waals surface area contributed by atoms with Crippen LogP contribution in [-0.2, 0) is 12.8 Å².